The van der Waals surface area contributed by atoms with Gasteiger partial charge in [0.1, 0.15) is 11.2 Å². The summed E-state index contributed by atoms with van der Waals surface area (Å²) < 4.78 is 145. The zero-order chi connectivity index (χ0) is 40.8. The minimum absolute atomic E-state index is 0.0355. The predicted octanol–water partition coefficient (Wildman–Crippen LogP) is 11.5. The van der Waals surface area contributed by atoms with E-state index >= 15 is 0 Å². The van der Waals surface area contributed by atoms with Gasteiger partial charge in [0.25, 0.3) is 0 Å². The zero-order valence-electron chi connectivity index (χ0n) is 37.0. The predicted molar refractivity (Wildman–Crippen MR) is 175 cm³/mol. The second-order valence-corrected chi connectivity index (χ2v) is 9.66. The van der Waals surface area contributed by atoms with Crippen LogP contribution in [0.4, 0.5) is 0 Å². The highest BCUT2D eigenvalue weighted by atomic mass is 16.3. The molecule has 1 aromatic heterocycles. The lowest BCUT2D eigenvalue weighted by molar-refractivity contribution is 0.673. The van der Waals surface area contributed by atoms with Crippen LogP contribution in [0.2, 0.25) is 0 Å². The first-order valence-corrected chi connectivity index (χ1v) is 12.8. The second-order valence-electron chi connectivity index (χ2n) is 9.66. The van der Waals surface area contributed by atoms with Crippen molar-refractivity contribution in [2.24, 2.45) is 0 Å². The molecule has 190 valence electrons. The Balaban J connectivity index is 1.45. The van der Waals surface area contributed by atoms with Gasteiger partial charge in [-0.15, -0.1) is 0 Å². The van der Waals surface area contributed by atoms with E-state index in [0.29, 0.717) is 43.8 Å². The lowest BCUT2D eigenvalue weighted by atomic mass is 9.88. The first kappa shape index (κ1) is 12.0. The van der Waals surface area contributed by atoms with Gasteiger partial charge in [0, 0.05) is 16.2 Å². The van der Waals surface area contributed by atoms with Gasteiger partial charge in [-0.25, -0.2) is 0 Å². The van der Waals surface area contributed by atoms with Gasteiger partial charge in [0.2, 0.25) is 0 Å². The van der Waals surface area contributed by atoms with E-state index in [1.807, 2.05) is 0 Å². The van der Waals surface area contributed by atoms with Gasteiger partial charge >= 0.3 is 0 Å². The molecule has 0 saturated heterocycles. The summed E-state index contributed by atoms with van der Waals surface area (Å²) in [6.07, 6.45) is 0. The van der Waals surface area contributed by atoms with Crippen LogP contribution in [0.25, 0.3) is 87.3 Å². The first-order valence-electron chi connectivity index (χ1n) is 20.8. The van der Waals surface area contributed by atoms with Gasteiger partial charge in [-0.3, -0.25) is 0 Å². The number of fused-ring (bicyclic) bond motifs is 9. The molecule has 0 radical (unpaired) electrons. The Morgan fingerprint density at radius 1 is 0.488 bits per heavy atom. The van der Waals surface area contributed by atoms with Gasteiger partial charge in [-0.2, -0.15) is 0 Å². The molecule has 0 N–H and O–H groups in total. The summed E-state index contributed by atoms with van der Waals surface area (Å²) in [7, 11) is 0. The molecule has 1 nitrogen and oxygen atoms in total. The van der Waals surface area contributed by atoms with Crippen LogP contribution in [0.15, 0.2) is 150 Å². The maximum Gasteiger partial charge on any atom is 0.143 e. The third-order valence-electron chi connectivity index (χ3n) is 7.47. The van der Waals surface area contributed by atoms with E-state index in [0.717, 1.165) is 0 Å². The van der Waals surface area contributed by atoms with Crippen molar-refractivity contribution in [2.45, 2.75) is 0 Å². The van der Waals surface area contributed by atoms with Crippen molar-refractivity contribution in [2.75, 3.05) is 0 Å². The number of rotatable bonds is 2. The Labute approximate surface area is 259 Å². The maximum absolute atomic E-state index is 9.41. The minimum atomic E-state index is -0.633. The molecule has 0 aliphatic rings. The van der Waals surface area contributed by atoms with Crippen molar-refractivity contribution in [3.05, 3.63) is 145 Å². The Kier molecular flexibility index (Phi) is 2.50. The third kappa shape index (κ3) is 3.30. The fourth-order valence-corrected chi connectivity index (χ4v) is 5.70. The van der Waals surface area contributed by atoms with E-state index in [4.69, 9.17) is 23.6 Å². The van der Waals surface area contributed by atoms with Crippen LogP contribution >= 0.6 is 0 Å². The Morgan fingerprint density at radius 2 is 1.27 bits per heavy atom. The van der Waals surface area contributed by atoms with Crippen LogP contribution in [0.1, 0.15) is 21.9 Å². The largest absolute Gasteiger partial charge is 0.455 e. The fourth-order valence-electron chi connectivity index (χ4n) is 5.70. The lowest BCUT2D eigenvalue weighted by Crippen LogP contribution is -1.88. The van der Waals surface area contributed by atoms with Crippen molar-refractivity contribution in [3.63, 3.8) is 0 Å². The minimum Gasteiger partial charge on any atom is -0.455 e. The van der Waals surface area contributed by atoms with E-state index in [9.17, 15) is 2.74 Å². The summed E-state index contributed by atoms with van der Waals surface area (Å²) >= 11 is 0. The molecule has 9 aromatic rings. The Morgan fingerprint density at radius 3 is 2.17 bits per heavy atom. The molecule has 0 amide bonds. The van der Waals surface area contributed by atoms with Crippen LogP contribution < -0.4 is 0 Å². The number of benzene rings is 8. The van der Waals surface area contributed by atoms with Crippen LogP contribution in [0, 0.1) is 0 Å². The molecule has 41 heavy (non-hydrogen) atoms. The molecule has 0 fully saturated rings. The molecule has 1 heterocycles. The molecule has 8 aromatic carbocycles. The molecule has 0 saturated carbocycles. The Bertz CT molecular complexity index is 3340. The highest BCUT2D eigenvalue weighted by Crippen LogP contribution is 2.45. The smallest absolute Gasteiger partial charge is 0.143 e. The first-order chi connectivity index (χ1) is 27.0. The van der Waals surface area contributed by atoms with Crippen molar-refractivity contribution in [3.8, 4) is 22.3 Å². The SMILES string of the molecule is [2H]c1c([2H])c([2H])c(-c2ccc3c(ccc4c3oc3cccc(-c5c6c([2H])c([2H])c([2H])c([2H])c6c([2H])c6c5c([2H])c([2H])c5c([2H])c([2H])c([2H])c([2H])c56)c34)c2)c([2H])c1[2H]. The van der Waals surface area contributed by atoms with Crippen molar-refractivity contribution >= 4 is 65.0 Å². The topological polar surface area (TPSA) is 13.1 Å². The molecular weight excluding hydrogens is 496 g/mol. The van der Waals surface area contributed by atoms with E-state index < -0.39 is 84.6 Å². The van der Waals surface area contributed by atoms with Crippen LogP contribution in [-0.2, 0) is 0 Å². The van der Waals surface area contributed by atoms with Crippen molar-refractivity contribution in [1.82, 2.24) is 0 Å². The zero-order valence-corrected chi connectivity index (χ0v) is 21.0. The van der Waals surface area contributed by atoms with Crippen LogP contribution in [-0.4, -0.2) is 0 Å². The number of hydrogen-bond acceptors (Lipinski definition) is 1. The normalized spacial score (nSPS) is 17.4. The van der Waals surface area contributed by atoms with E-state index in [2.05, 4.69) is 0 Å². The number of hydrogen-bond donors (Lipinski definition) is 0. The molecular formula is C40H24O. The summed E-state index contributed by atoms with van der Waals surface area (Å²) in [5.74, 6) is 0. The standard InChI is InChI=1S/C40H24O/c1-2-9-25(10-3-1)27-18-20-32-29(23-27)19-22-35-39-34(15-8-16-37(39)41-40(32)35)38-31-14-7-5-12-28(31)24-36-30-13-6-4-11-26(30)17-21-33(36)38/h1-24H/i1D,2D,3D,4D,5D,6D,7D,9D,10D,11D,12D,13D,14D,17D,21D,24D. The molecule has 0 bridgehead atoms. The van der Waals surface area contributed by atoms with E-state index in [1.165, 1.54) is 0 Å². The van der Waals surface area contributed by atoms with Gasteiger partial charge in [0.15, 0.2) is 0 Å². The van der Waals surface area contributed by atoms with E-state index in [-0.39, 0.29) is 55.5 Å². The van der Waals surface area contributed by atoms with Crippen LogP contribution in [0.5, 0.6) is 0 Å². The van der Waals surface area contributed by atoms with Gasteiger partial charge in [-0.1, -0.05) is 115 Å². The lowest BCUT2D eigenvalue weighted by Gasteiger charge is -2.15. The summed E-state index contributed by atoms with van der Waals surface area (Å²) in [5, 5.41) is 1.08. The molecule has 0 unspecified atom stereocenters. The average molecular weight is 537 g/mol. The summed E-state index contributed by atoms with van der Waals surface area (Å²) in [6, 6.07) is 5.20. The average Bonchev–Trinajstić information content (AvgIpc) is 3.59. The van der Waals surface area contributed by atoms with Crippen molar-refractivity contribution in [1.29, 1.82) is 0 Å². The summed E-state index contributed by atoms with van der Waals surface area (Å²) in [5.41, 5.74) is 1.52. The molecule has 1 heteroatoms. The van der Waals surface area contributed by atoms with Crippen molar-refractivity contribution < 1.29 is 26.3 Å². The van der Waals surface area contributed by atoms with Gasteiger partial charge in [-0.05, 0) is 90.3 Å². The molecule has 0 aliphatic heterocycles. The monoisotopic (exact) mass is 536 g/mol. The molecule has 0 aliphatic carbocycles. The Hall–Kier alpha value is -5.40. The van der Waals surface area contributed by atoms with Gasteiger partial charge < -0.3 is 4.42 Å². The quantitative estimate of drug-likeness (QED) is 0.158. The van der Waals surface area contributed by atoms with E-state index in [1.54, 1.807) is 48.5 Å². The molecule has 0 atom stereocenters. The molecule has 9 rings (SSSR count). The number of furan rings is 1. The highest BCUT2D eigenvalue weighted by molar-refractivity contribution is 6.26. The molecule has 0 spiro atoms. The fraction of sp³-hybridized carbons (Fsp3) is 0. The van der Waals surface area contributed by atoms with Crippen LogP contribution in [0.3, 0.4) is 0 Å². The summed E-state index contributed by atoms with van der Waals surface area (Å²) in [6.45, 7) is 0. The summed E-state index contributed by atoms with van der Waals surface area (Å²) in [4.78, 5) is 0. The maximum atomic E-state index is 9.41. The highest BCUT2D eigenvalue weighted by Gasteiger charge is 2.19. The third-order valence-corrected chi connectivity index (χ3v) is 7.47. The van der Waals surface area contributed by atoms with Gasteiger partial charge in [0.05, 0.1) is 21.9 Å². The second kappa shape index (κ2) is 8.55.